The van der Waals surface area contributed by atoms with Crippen LogP contribution in [-0.2, 0) is 0 Å². The maximum atomic E-state index is 11.7. The Balaban J connectivity index is 2.47. The van der Waals surface area contributed by atoms with Crippen LogP contribution in [0.3, 0.4) is 0 Å². The number of primary amides is 1. The molecule has 6 heteroatoms. The molecule has 0 bridgehead atoms. The average molecular weight is 369 g/mol. The molecular weight excluding hydrogens is 352 g/mol. The van der Waals surface area contributed by atoms with Gasteiger partial charge in [-0.05, 0) is 47.4 Å². The van der Waals surface area contributed by atoms with Gasteiger partial charge in [0.1, 0.15) is 11.8 Å². The summed E-state index contributed by atoms with van der Waals surface area (Å²) in [7, 11) is 0. The SMILES string of the molecule is [2H]c1c(C(N)=O)ncc(C=O)c1-c1c(C)cccc1-c1ccnc(C=C)c1C#N. The predicted octanol–water partition coefficient (Wildman–Crippen LogP) is 3.55. The van der Waals surface area contributed by atoms with Crippen LogP contribution in [0, 0.1) is 18.3 Å². The molecule has 3 rings (SSSR count). The molecule has 1 amide bonds. The molecule has 2 aromatic heterocycles. The number of aldehydes is 1. The van der Waals surface area contributed by atoms with Gasteiger partial charge in [-0.3, -0.25) is 19.6 Å². The van der Waals surface area contributed by atoms with Crippen molar-refractivity contribution in [1.82, 2.24) is 9.97 Å². The minimum Gasteiger partial charge on any atom is -0.364 e. The molecule has 6 nitrogen and oxygen atoms in total. The molecule has 0 aliphatic heterocycles. The van der Waals surface area contributed by atoms with Gasteiger partial charge in [-0.25, -0.2) is 0 Å². The molecule has 0 fully saturated rings. The zero-order valence-electron chi connectivity index (χ0n) is 16.1. The van der Waals surface area contributed by atoms with Crippen molar-refractivity contribution in [3.05, 3.63) is 77.4 Å². The Morgan fingerprint density at radius 2 is 2.07 bits per heavy atom. The number of pyridine rings is 2. The molecule has 0 aliphatic carbocycles. The van der Waals surface area contributed by atoms with Gasteiger partial charge in [0.25, 0.3) is 5.91 Å². The van der Waals surface area contributed by atoms with Gasteiger partial charge >= 0.3 is 0 Å². The summed E-state index contributed by atoms with van der Waals surface area (Å²) < 4.78 is 8.48. The lowest BCUT2D eigenvalue weighted by Gasteiger charge is -2.16. The van der Waals surface area contributed by atoms with E-state index in [2.05, 4.69) is 22.6 Å². The van der Waals surface area contributed by atoms with Crippen LogP contribution in [0.5, 0.6) is 0 Å². The molecule has 0 unspecified atom stereocenters. The maximum absolute atomic E-state index is 11.7. The summed E-state index contributed by atoms with van der Waals surface area (Å²) in [5.74, 6) is -0.862. The van der Waals surface area contributed by atoms with E-state index in [-0.39, 0.29) is 22.9 Å². The summed E-state index contributed by atoms with van der Waals surface area (Å²) in [5.41, 5.74) is 8.72. The first-order valence-corrected chi connectivity index (χ1v) is 8.31. The van der Waals surface area contributed by atoms with E-state index in [1.807, 2.05) is 19.1 Å². The third-order valence-electron chi connectivity index (χ3n) is 4.32. The monoisotopic (exact) mass is 369 g/mol. The van der Waals surface area contributed by atoms with Crippen LogP contribution in [0.4, 0.5) is 0 Å². The highest BCUT2D eigenvalue weighted by Crippen LogP contribution is 2.38. The second-order valence-electron chi connectivity index (χ2n) is 5.98. The van der Waals surface area contributed by atoms with E-state index in [1.54, 1.807) is 18.3 Å². The number of nitrogens with two attached hydrogens (primary N) is 1. The van der Waals surface area contributed by atoms with E-state index >= 15 is 0 Å². The lowest BCUT2D eigenvalue weighted by molar-refractivity contribution is 0.0994. The van der Waals surface area contributed by atoms with Crippen LogP contribution in [0.2, 0.25) is 0 Å². The van der Waals surface area contributed by atoms with Gasteiger partial charge in [0.15, 0.2) is 6.29 Å². The van der Waals surface area contributed by atoms with E-state index in [4.69, 9.17) is 7.10 Å². The van der Waals surface area contributed by atoms with Gasteiger partial charge in [0, 0.05) is 23.5 Å². The molecule has 0 atom stereocenters. The standard InChI is InChI=1S/C22H16N4O2/c1-3-19-18(10-23)15(7-8-25-19)16-6-4-5-13(2)21(16)17-9-20(22(24)28)26-11-14(17)12-27/h3-9,11-12H,1H2,2H3,(H2,24,28)/i9D. The Hall–Kier alpha value is -4.11. The molecular formula is C22H16N4O2. The first kappa shape index (κ1) is 17.3. The summed E-state index contributed by atoms with van der Waals surface area (Å²) in [6, 6.07) is 9.00. The van der Waals surface area contributed by atoms with E-state index in [9.17, 15) is 14.9 Å². The Kier molecular flexibility index (Phi) is 4.72. The normalized spacial score (nSPS) is 10.6. The quantitative estimate of drug-likeness (QED) is 0.692. The third kappa shape index (κ3) is 3.17. The summed E-state index contributed by atoms with van der Waals surface area (Å²) in [4.78, 5) is 31.4. The largest absolute Gasteiger partial charge is 0.364 e. The molecule has 136 valence electrons. The Morgan fingerprint density at radius 1 is 1.29 bits per heavy atom. The molecule has 1 aromatic carbocycles. The van der Waals surface area contributed by atoms with E-state index in [0.717, 1.165) is 5.56 Å². The van der Waals surface area contributed by atoms with Crippen molar-refractivity contribution in [3.63, 3.8) is 0 Å². The number of amides is 1. The van der Waals surface area contributed by atoms with Crippen molar-refractivity contribution in [2.75, 3.05) is 0 Å². The smallest absolute Gasteiger partial charge is 0.267 e. The summed E-state index contributed by atoms with van der Waals surface area (Å²) >= 11 is 0. The van der Waals surface area contributed by atoms with Gasteiger partial charge in [0.05, 0.1) is 12.6 Å². The zero-order valence-corrected chi connectivity index (χ0v) is 15.1. The van der Waals surface area contributed by atoms with Crippen LogP contribution in [0.25, 0.3) is 28.3 Å². The number of carbonyl (C=O) groups excluding carboxylic acids is 2. The molecule has 0 spiro atoms. The molecule has 2 heterocycles. The van der Waals surface area contributed by atoms with Crippen molar-refractivity contribution >= 4 is 18.3 Å². The fourth-order valence-electron chi connectivity index (χ4n) is 3.04. The average Bonchev–Trinajstić information content (AvgIpc) is 2.72. The molecule has 28 heavy (non-hydrogen) atoms. The summed E-state index contributed by atoms with van der Waals surface area (Å²) in [6.07, 6.45) is 4.85. The molecule has 0 saturated heterocycles. The lowest BCUT2D eigenvalue weighted by atomic mass is 9.87. The Morgan fingerprint density at radius 3 is 2.71 bits per heavy atom. The Bertz CT molecular complexity index is 1210. The molecule has 0 radical (unpaired) electrons. The van der Waals surface area contributed by atoms with Gasteiger partial charge in [-0.15, -0.1) is 0 Å². The third-order valence-corrected chi connectivity index (χ3v) is 4.32. The van der Waals surface area contributed by atoms with Crippen LogP contribution in [-0.4, -0.2) is 22.2 Å². The Labute approximate surface area is 163 Å². The van der Waals surface area contributed by atoms with Crippen LogP contribution >= 0.6 is 0 Å². The van der Waals surface area contributed by atoms with Crippen molar-refractivity contribution < 1.29 is 11.0 Å². The number of nitrogens with zero attached hydrogens (tertiary/aromatic N) is 3. The highest BCUT2D eigenvalue weighted by Gasteiger charge is 2.19. The second kappa shape index (κ2) is 7.64. The number of rotatable bonds is 5. The maximum Gasteiger partial charge on any atom is 0.267 e. The van der Waals surface area contributed by atoms with Crippen molar-refractivity contribution in [1.29, 1.82) is 5.26 Å². The first-order chi connectivity index (χ1) is 13.9. The summed E-state index contributed by atoms with van der Waals surface area (Å²) in [5, 5.41) is 9.69. The minimum atomic E-state index is -0.862. The molecule has 0 aliphatic rings. The number of hydrogen-bond donors (Lipinski definition) is 1. The van der Waals surface area contributed by atoms with Gasteiger partial charge in [-0.2, -0.15) is 5.26 Å². The van der Waals surface area contributed by atoms with Crippen molar-refractivity contribution in [3.8, 4) is 28.3 Å². The van der Waals surface area contributed by atoms with E-state index in [1.165, 1.54) is 12.3 Å². The van der Waals surface area contributed by atoms with Crippen LogP contribution in [0.15, 0.2) is 49.3 Å². The number of aromatic nitrogens is 2. The van der Waals surface area contributed by atoms with E-state index < -0.39 is 5.91 Å². The summed E-state index contributed by atoms with van der Waals surface area (Å²) in [6.45, 7) is 5.51. The molecule has 3 aromatic rings. The van der Waals surface area contributed by atoms with Gasteiger partial charge < -0.3 is 5.73 Å². The highest BCUT2D eigenvalue weighted by molar-refractivity contribution is 5.99. The van der Waals surface area contributed by atoms with Crippen LogP contribution in [0.1, 0.15) is 39.0 Å². The first-order valence-electron chi connectivity index (χ1n) is 8.81. The zero-order chi connectivity index (χ0) is 21.1. The van der Waals surface area contributed by atoms with Gasteiger partial charge in [0.2, 0.25) is 0 Å². The second-order valence-corrected chi connectivity index (χ2v) is 5.98. The van der Waals surface area contributed by atoms with Crippen molar-refractivity contribution in [2.24, 2.45) is 5.73 Å². The van der Waals surface area contributed by atoms with Crippen LogP contribution < -0.4 is 5.73 Å². The number of benzene rings is 1. The number of hydrogen-bond acceptors (Lipinski definition) is 5. The fourth-order valence-corrected chi connectivity index (χ4v) is 3.04. The topological polar surface area (TPSA) is 110 Å². The minimum absolute atomic E-state index is 0.145. The number of carbonyl (C=O) groups is 2. The predicted molar refractivity (Wildman–Crippen MR) is 106 cm³/mol. The van der Waals surface area contributed by atoms with Crippen molar-refractivity contribution in [2.45, 2.75) is 6.92 Å². The number of aryl methyl sites for hydroxylation is 1. The fraction of sp³-hybridized carbons (Fsp3) is 0.0455. The number of nitriles is 1. The highest BCUT2D eigenvalue weighted by atomic mass is 16.1. The lowest BCUT2D eigenvalue weighted by Crippen LogP contribution is -2.13. The molecule has 0 saturated carbocycles. The molecule has 2 N–H and O–H groups in total. The van der Waals surface area contributed by atoms with E-state index in [0.29, 0.717) is 34.2 Å². The van der Waals surface area contributed by atoms with Gasteiger partial charge in [-0.1, -0.05) is 24.8 Å².